The summed E-state index contributed by atoms with van der Waals surface area (Å²) in [6, 6.07) is 0. The Morgan fingerprint density at radius 2 is 1.62 bits per heavy atom. The molecule has 0 aliphatic heterocycles. The highest BCUT2D eigenvalue weighted by Gasteiger charge is 2.21. The van der Waals surface area contributed by atoms with Gasteiger partial charge in [0.05, 0.1) is 0 Å². The van der Waals surface area contributed by atoms with Crippen molar-refractivity contribution in [3.8, 4) is 0 Å². The first kappa shape index (κ1) is 13.2. The van der Waals surface area contributed by atoms with E-state index in [0.717, 1.165) is 13.1 Å². The molecule has 0 fully saturated rings. The maximum Gasteiger partial charge on any atom is 0.0402 e. The van der Waals surface area contributed by atoms with Crippen molar-refractivity contribution in [2.45, 2.75) is 25.8 Å². The van der Waals surface area contributed by atoms with E-state index in [1.165, 1.54) is 6.42 Å². The number of hydrogen-bond acceptors (Lipinski definition) is 2. The Hall–Kier alpha value is 0.210. The smallest absolute Gasteiger partial charge is 0.0402 e. The van der Waals surface area contributed by atoms with Crippen LogP contribution in [0.25, 0.3) is 0 Å². The zero-order valence-electron chi connectivity index (χ0n) is 9.60. The molecule has 0 radical (unpaired) electrons. The number of halogens is 1. The van der Waals surface area contributed by atoms with Crippen LogP contribution in [-0.2, 0) is 0 Å². The first-order chi connectivity index (χ1) is 5.90. The van der Waals surface area contributed by atoms with Crippen molar-refractivity contribution in [3.05, 3.63) is 0 Å². The van der Waals surface area contributed by atoms with Crippen molar-refractivity contribution in [1.29, 1.82) is 0 Å². The number of rotatable bonds is 6. The predicted octanol–water partition coefficient (Wildman–Crippen LogP) is 1.89. The molecule has 0 aromatic heterocycles. The van der Waals surface area contributed by atoms with Crippen molar-refractivity contribution in [2.24, 2.45) is 0 Å². The van der Waals surface area contributed by atoms with E-state index >= 15 is 0 Å². The molecule has 0 atom stereocenters. The third-order valence-corrected chi connectivity index (χ3v) is 3.11. The maximum absolute atomic E-state index is 5.88. The summed E-state index contributed by atoms with van der Waals surface area (Å²) in [6.45, 7) is 6.60. The summed E-state index contributed by atoms with van der Waals surface area (Å²) < 4.78 is 0. The molecule has 0 aliphatic rings. The van der Waals surface area contributed by atoms with Gasteiger partial charge in [-0.15, -0.1) is 11.6 Å². The lowest BCUT2D eigenvalue weighted by Gasteiger charge is -2.34. The Labute approximate surface area is 87.8 Å². The Morgan fingerprint density at radius 1 is 1.08 bits per heavy atom. The van der Waals surface area contributed by atoms with Gasteiger partial charge >= 0.3 is 0 Å². The summed E-state index contributed by atoms with van der Waals surface area (Å²) in [7, 11) is 6.34. The van der Waals surface area contributed by atoms with Crippen LogP contribution in [0.3, 0.4) is 0 Å². The molecule has 0 aliphatic carbocycles. The van der Waals surface area contributed by atoms with Crippen LogP contribution in [-0.4, -0.2) is 55.5 Å². The number of nitrogens with zero attached hydrogens (tertiary/aromatic N) is 2. The minimum atomic E-state index is 0.119. The van der Waals surface area contributed by atoms with E-state index in [2.05, 4.69) is 44.8 Å². The van der Waals surface area contributed by atoms with Gasteiger partial charge in [-0.1, -0.05) is 0 Å². The van der Waals surface area contributed by atoms with Gasteiger partial charge in [0.1, 0.15) is 0 Å². The molecular weight excluding hydrogens is 184 g/mol. The lowest BCUT2D eigenvalue weighted by Crippen LogP contribution is -2.43. The highest BCUT2D eigenvalue weighted by Crippen LogP contribution is 2.13. The SMILES string of the molecule is CN(C)CCCN(C)C(C)(C)CCl. The van der Waals surface area contributed by atoms with Crippen molar-refractivity contribution >= 4 is 11.6 Å². The monoisotopic (exact) mass is 206 g/mol. The second-order valence-corrected chi connectivity index (χ2v) is 4.79. The minimum Gasteiger partial charge on any atom is -0.309 e. The first-order valence-electron chi connectivity index (χ1n) is 4.82. The van der Waals surface area contributed by atoms with Gasteiger partial charge in [-0.25, -0.2) is 0 Å². The predicted molar refractivity (Wildman–Crippen MR) is 60.6 cm³/mol. The summed E-state index contributed by atoms with van der Waals surface area (Å²) in [4.78, 5) is 4.53. The summed E-state index contributed by atoms with van der Waals surface area (Å²) >= 11 is 5.88. The molecule has 0 rings (SSSR count). The Kier molecular flexibility index (Phi) is 5.93. The quantitative estimate of drug-likeness (QED) is 0.613. The molecule has 13 heavy (non-hydrogen) atoms. The average molecular weight is 207 g/mol. The van der Waals surface area contributed by atoms with Gasteiger partial charge in [-0.2, -0.15) is 0 Å². The van der Waals surface area contributed by atoms with Crippen molar-refractivity contribution in [3.63, 3.8) is 0 Å². The number of alkyl halides is 1. The molecule has 0 heterocycles. The molecule has 2 nitrogen and oxygen atoms in total. The van der Waals surface area contributed by atoms with E-state index in [-0.39, 0.29) is 5.54 Å². The minimum absolute atomic E-state index is 0.119. The molecule has 3 heteroatoms. The highest BCUT2D eigenvalue weighted by molar-refractivity contribution is 6.18. The summed E-state index contributed by atoms with van der Waals surface area (Å²) in [5, 5.41) is 0. The van der Waals surface area contributed by atoms with Crippen LogP contribution in [0.15, 0.2) is 0 Å². The van der Waals surface area contributed by atoms with Crippen LogP contribution in [0.4, 0.5) is 0 Å². The van der Waals surface area contributed by atoms with Crippen LogP contribution < -0.4 is 0 Å². The standard InChI is InChI=1S/C10H23ClN2/c1-10(2,9-11)13(5)8-6-7-12(3)4/h6-9H2,1-5H3. The van der Waals surface area contributed by atoms with Crippen molar-refractivity contribution in [2.75, 3.05) is 40.1 Å². The summed E-state index contributed by atoms with van der Waals surface area (Å²) in [6.07, 6.45) is 1.20. The van der Waals surface area contributed by atoms with Crippen molar-refractivity contribution in [1.82, 2.24) is 9.80 Å². The van der Waals surface area contributed by atoms with E-state index in [0.29, 0.717) is 5.88 Å². The van der Waals surface area contributed by atoms with Gasteiger partial charge in [0.2, 0.25) is 0 Å². The molecule has 0 bridgehead atoms. The van der Waals surface area contributed by atoms with E-state index in [4.69, 9.17) is 11.6 Å². The van der Waals surface area contributed by atoms with Gasteiger partial charge < -0.3 is 9.80 Å². The van der Waals surface area contributed by atoms with Gasteiger partial charge in [-0.3, -0.25) is 0 Å². The normalized spacial score (nSPS) is 12.9. The lowest BCUT2D eigenvalue weighted by molar-refractivity contribution is 0.171. The van der Waals surface area contributed by atoms with E-state index in [1.807, 2.05) is 0 Å². The fourth-order valence-corrected chi connectivity index (χ4v) is 1.23. The van der Waals surface area contributed by atoms with E-state index in [1.54, 1.807) is 0 Å². The van der Waals surface area contributed by atoms with E-state index in [9.17, 15) is 0 Å². The second-order valence-electron chi connectivity index (χ2n) is 4.52. The van der Waals surface area contributed by atoms with Crippen LogP contribution in [0.5, 0.6) is 0 Å². The van der Waals surface area contributed by atoms with Crippen molar-refractivity contribution < 1.29 is 0 Å². The fourth-order valence-electron chi connectivity index (χ4n) is 1.03. The lowest BCUT2D eigenvalue weighted by atomic mass is 10.1. The van der Waals surface area contributed by atoms with Crippen LogP contribution in [0.2, 0.25) is 0 Å². The zero-order chi connectivity index (χ0) is 10.5. The third kappa shape index (κ3) is 5.50. The highest BCUT2D eigenvalue weighted by atomic mass is 35.5. The topological polar surface area (TPSA) is 6.48 Å². The molecule has 0 spiro atoms. The third-order valence-electron chi connectivity index (χ3n) is 2.46. The molecule has 0 saturated carbocycles. The Morgan fingerprint density at radius 3 is 2.00 bits per heavy atom. The Bertz CT molecular complexity index is 135. The molecule has 0 unspecified atom stereocenters. The Balaban J connectivity index is 3.68. The van der Waals surface area contributed by atoms with Crippen LogP contribution >= 0.6 is 11.6 Å². The molecule has 0 aromatic carbocycles. The van der Waals surface area contributed by atoms with E-state index < -0.39 is 0 Å². The largest absolute Gasteiger partial charge is 0.309 e. The summed E-state index contributed by atoms with van der Waals surface area (Å²) in [5.41, 5.74) is 0.119. The zero-order valence-corrected chi connectivity index (χ0v) is 10.4. The average Bonchev–Trinajstić information content (AvgIpc) is 2.03. The summed E-state index contributed by atoms with van der Waals surface area (Å²) in [5.74, 6) is 0.686. The number of hydrogen-bond donors (Lipinski definition) is 0. The fraction of sp³-hybridized carbons (Fsp3) is 1.00. The molecule has 0 amide bonds. The van der Waals surface area contributed by atoms with Crippen LogP contribution in [0.1, 0.15) is 20.3 Å². The first-order valence-corrected chi connectivity index (χ1v) is 5.35. The second kappa shape index (κ2) is 5.84. The van der Waals surface area contributed by atoms with Gasteiger partial charge in [0, 0.05) is 11.4 Å². The van der Waals surface area contributed by atoms with Gasteiger partial charge in [-0.05, 0) is 54.5 Å². The molecule has 0 aromatic rings. The van der Waals surface area contributed by atoms with Gasteiger partial charge in [0.15, 0.2) is 0 Å². The molecule has 0 N–H and O–H groups in total. The van der Waals surface area contributed by atoms with Crippen LogP contribution in [0, 0.1) is 0 Å². The molecule has 80 valence electrons. The molecule has 0 saturated heterocycles. The van der Waals surface area contributed by atoms with Gasteiger partial charge in [0.25, 0.3) is 0 Å². The molecular formula is C10H23ClN2. The maximum atomic E-state index is 5.88.